The van der Waals surface area contributed by atoms with E-state index in [0.29, 0.717) is 0 Å². The van der Waals surface area contributed by atoms with E-state index in [1.54, 1.807) is 6.08 Å². The number of rotatable bonds is 21. The van der Waals surface area contributed by atoms with Gasteiger partial charge in [-0.2, -0.15) is 0 Å². The minimum absolute atomic E-state index is 1.22. The second-order valence-corrected chi connectivity index (χ2v) is 7.88. The molecule has 0 aromatic rings. The van der Waals surface area contributed by atoms with Crippen molar-refractivity contribution in [3.63, 3.8) is 0 Å². The van der Waals surface area contributed by atoms with Gasteiger partial charge in [-0.25, -0.2) is 0 Å². The topological polar surface area (TPSA) is 0 Å². The number of allylic oxidation sites excluding steroid dienone is 7. The summed E-state index contributed by atoms with van der Waals surface area (Å²) in [5.74, 6) is 0. The predicted octanol–water partition coefficient (Wildman–Crippen LogP) is 9.88. The van der Waals surface area contributed by atoms with Gasteiger partial charge >= 0.3 is 0 Å². The molecule has 0 amide bonds. The summed E-state index contributed by atoms with van der Waals surface area (Å²) in [6, 6.07) is 0. The van der Waals surface area contributed by atoms with Gasteiger partial charge in [0.2, 0.25) is 0 Å². The van der Waals surface area contributed by atoms with E-state index >= 15 is 0 Å². The fourth-order valence-electron chi connectivity index (χ4n) is 3.43. The van der Waals surface area contributed by atoms with Crippen molar-refractivity contribution in [2.75, 3.05) is 0 Å². The van der Waals surface area contributed by atoms with Crippen LogP contribution in [-0.2, 0) is 0 Å². The lowest BCUT2D eigenvalue weighted by Crippen LogP contribution is -1.83. The first kappa shape index (κ1) is 26.0. The van der Waals surface area contributed by atoms with Crippen LogP contribution in [0.4, 0.5) is 0 Å². The van der Waals surface area contributed by atoms with Gasteiger partial charge in [-0.15, -0.1) is 0 Å². The third-order valence-electron chi connectivity index (χ3n) is 5.19. The third kappa shape index (κ3) is 25.0. The SMILES string of the molecule is C=C/C=C/C=C/C=C/CCCCCCCCCCCCCCCCCCC. The minimum atomic E-state index is 1.22. The van der Waals surface area contributed by atoms with E-state index < -0.39 is 0 Å². The maximum Gasteiger partial charge on any atom is -0.0348 e. The number of hydrogen-bond acceptors (Lipinski definition) is 0. The molecule has 0 aliphatic heterocycles. The maximum atomic E-state index is 3.65. The molecule has 0 saturated heterocycles. The van der Waals surface area contributed by atoms with E-state index in [1.807, 2.05) is 18.2 Å². The van der Waals surface area contributed by atoms with Crippen LogP contribution >= 0.6 is 0 Å². The Balaban J connectivity index is 3.10. The van der Waals surface area contributed by atoms with Crippen molar-refractivity contribution in [1.29, 1.82) is 0 Å². The smallest absolute Gasteiger partial charge is 0.0348 e. The van der Waals surface area contributed by atoms with Gasteiger partial charge in [0.25, 0.3) is 0 Å². The van der Waals surface area contributed by atoms with Gasteiger partial charge in [0.1, 0.15) is 0 Å². The quantitative estimate of drug-likeness (QED) is 0.139. The Morgan fingerprint density at radius 3 is 1.26 bits per heavy atom. The van der Waals surface area contributed by atoms with Crippen LogP contribution in [0, 0.1) is 0 Å². The zero-order chi connectivity index (χ0) is 19.7. The molecule has 27 heavy (non-hydrogen) atoms. The van der Waals surface area contributed by atoms with Gasteiger partial charge in [0, 0.05) is 0 Å². The van der Waals surface area contributed by atoms with Crippen LogP contribution in [0.5, 0.6) is 0 Å². The van der Waals surface area contributed by atoms with Gasteiger partial charge < -0.3 is 0 Å². The normalized spacial score (nSPS) is 12.0. The van der Waals surface area contributed by atoms with Crippen LogP contribution in [0.1, 0.15) is 122 Å². The molecule has 0 nitrogen and oxygen atoms in total. The fraction of sp³-hybridized carbons (Fsp3) is 0.704. The molecule has 0 fully saturated rings. The Morgan fingerprint density at radius 1 is 0.444 bits per heavy atom. The largest absolute Gasteiger partial charge is 0.0991 e. The molecule has 156 valence electrons. The number of hydrogen-bond donors (Lipinski definition) is 0. The van der Waals surface area contributed by atoms with E-state index in [2.05, 4.69) is 31.7 Å². The summed E-state index contributed by atoms with van der Waals surface area (Å²) in [6.45, 7) is 5.94. The molecule has 0 unspecified atom stereocenters. The standard InChI is InChI=1S/C27H48/c1-3-5-7-9-11-13-15-17-19-21-23-25-27-26-24-22-20-18-16-14-12-10-8-6-4-2/h3,5,7,9,11,13,15H,1,4,6,8,10,12,14,16-27H2,2H3/b7-5+,11-9+,15-13+. The van der Waals surface area contributed by atoms with Crippen molar-refractivity contribution in [3.05, 3.63) is 49.1 Å². The average Bonchev–Trinajstić information content (AvgIpc) is 2.68. The highest BCUT2D eigenvalue weighted by Crippen LogP contribution is 2.14. The molecule has 0 saturated carbocycles. The van der Waals surface area contributed by atoms with Gasteiger partial charge in [0.05, 0.1) is 0 Å². The second kappa shape index (κ2) is 25.0. The van der Waals surface area contributed by atoms with E-state index in [1.165, 1.54) is 116 Å². The lowest BCUT2D eigenvalue weighted by molar-refractivity contribution is 0.527. The van der Waals surface area contributed by atoms with Crippen LogP contribution in [0.3, 0.4) is 0 Å². The van der Waals surface area contributed by atoms with E-state index in [0.717, 1.165) is 0 Å². The minimum Gasteiger partial charge on any atom is -0.0991 e. The first-order valence-electron chi connectivity index (χ1n) is 12.0. The Bertz CT molecular complexity index is 358. The number of unbranched alkanes of at least 4 members (excludes halogenated alkanes) is 17. The molecule has 0 radical (unpaired) electrons. The van der Waals surface area contributed by atoms with E-state index in [4.69, 9.17) is 0 Å². The van der Waals surface area contributed by atoms with Crippen molar-refractivity contribution in [2.24, 2.45) is 0 Å². The molecule has 0 spiro atoms. The van der Waals surface area contributed by atoms with Crippen LogP contribution in [-0.4, -0.2) is 0 Å². The molecule has 0 aromatic carbocycles. The van der Waals surface area contributed by atoms with Crippen molar-refractivity contribution >= 4 is 0 Å². The molecular formula is C27H48. The van der Waals surface area contributed by atoms with Crippen molar-refractivity contribution < 1.29 is 0 Å². The molecule has 0 heterocycles. The van der Waals surface area contributed by atoms with Crippen LogP contribution in [0.15, 0.2) is 49.1 Å². The molecule has 0 aliphatic rings. The van der Waals surface area contributed by atoms with Gasteiger partial charge in [0.15, 0.2) is 0 Å². The highest BCUT2D eigenvalue weighted by atomic mass is 14.0. The maximum absolute atomic E-state index is 3.65. The summed E-state index contributed by atoms with van der Waals surface area (Å²) in [5, 5.41) is 0. The van der Waals surface area contributed by atoms with Crippen molar-refractivity contribution in [3.8, 4) is 0 Å². The molecule has 0 rings (SSSR count). The van der Waals surface area contributed by atoms with Crippen molar-refractivity contribution in [2.45, 2.75) is 122 Å². The zero-order valence-electron chi connectivity index (χ0n) is 18.5. The van der Waals surface area contributed by atoms with Crippen LogP contribution < -0.4 is 0 Å². The summed E-state index contributed by atoms with van der Waals surface area (Å²) in [7, 11) is 0. The van der Waals surface area contributed by atoms with Crippen molar-refractivity contribution in [1.82, 2.24) is 0 Å². The Kier molecular flexibility index (Phi) is 24.0. The Labute approximate surface area is 171 Å². The summed E-state index contributed by atoms with van der Waals surface area (Å²) in [6.07, 6.45) is 40.1. The Hall–Kier alpha value is -1.04. The molecule has 0 bridgehead atoms. The summed E-state index contributed by atoms with van der Waals surface area (Å²) in [4.78, 5) is 0. The van der Waals surface area contributed by atoms with Crippen LogP contribution in [0.2, 0.25) is 0 Å². The first-order valence-corrected chi connectivity index (χ1v) is 12.0. The van der Waals surface area contributed by atoms with Crippen LogP contribution in [0.25, 0.3) is 0 Å². The lowest BCUT2D eigenvalue weighted by atomic mass is 10.0. The molecule has 0 heteroatoms. The molecule has 0 atom stereocenters. The Morgan fingerprint density at radius 2 is 0.815 bits per heavy atom. The third-order valence-corrected chi connectivity index (χ3v) is 5.19. The van der Waals surface area contributed by atoms with Gasteiger partial charge in [-0.1, -0.05) is 159 Å². The summed E-state index contributed by atoms with van der Waals surface area (Å²) >= 11 is 0. The molecule has 0 aliphatic carbocycles. The lowest BCUT2D eigenvalue weighted by Gasteiger charge is -2.03. The predicted molar refractivity (Wildman–Crippen MR) is 126 cm³/mol. The zero-order valence-corrected chi connectivity index (χ0v) is 18.5. The molecule has 0 N–H and O–H groups in total. The van der Waals surface area contributed by atoms with E-state index in [-0.39, 0.29) is 0 Å². The summed E-state index contributed by atoms with van der Waals surface area (Å²) in [5.41, 5.74) is 0. The highest BCUT2D eigenvalue weighted by molar-refractivity contribution is 5.14. The molecular weight excluding hydrogens is 324 g/mol. The van der Waals surface area contributed by atoms with E-state index in [9.17, 15) is 0 Å². The molecule has 0 aromatic heterocycles. The highest BCUT2D eigenvalue weighted by Gasteiger charge is 1.94. The summed E-state index contributed by atoms with van der Waals surface area (Å²) < 4.78 is 0. The second-order valence-electron chi connectivity index (χ2n) is 7.88. The first-order chi connectivity index (χ1) is 13.4. The fourth-order valence-corrected chi connectivity index (χ4v) is 3.43. The van der Waals surface area contributed by atoms with Gasteiger partial charge in [-0.05, 0) is 12.8 Å². The van der Waals surface area contributed by atoms with Gasteiger partial charge in [-0.3, -0.25) is 0 Å². The monoisotopic (exact) mass is 372 g/mol. The average molecular weight is 373 g/mol.